The Hall–Kier alpha value is -1.62. The third kappa shape index (κ3) is 2.42. The van der Waals surface area contributed by atoms with Crippen LogP contribution in [0.2, 0.25) is 0 Å². The second-order valence-corrected chi connectivity index (χ2v) is 5.24. The number of carbonyl (C=O) groups is 2. The summed E-state index contributed by atoms with van der Waals surface area (Å²) in [4.78, 5) is 28.4. The Labute approximate surface area is 112 Å². The van der Waals surface area contributed by atoms with E-state index < -0.39 is 11.7 Å². The zero-order valence-electron chi connectivity index (χ0n) is 10.9. The van der Waals surface area contributed by atoms with Crippen LogP contribution in [0.1, 0.15) is 29.8 Å². The van der Waals surface area contributed by atoms with Crippen molar-refractivity contribution < 1.29 is 14.0 Å². The molecule has 1 aromatic heterocycles. The van der Waals surface area contributed by atoms with Crippen molar-refractivity contribution in [2.24, 2.45) is 0 Å². The average Bonchev–Trinajstić information content (AvgIpc) is 3.05. The average molecular weight is 262 g/mol. The number of furan rings is 1. The van der Waals surface area contributed by atoms with E-state index in [0.29, 0.717) is 19.1 Å². The van der Waals surface area contributed by atoms with Crippen molar-refractivity contribution in [2.75, 3.05) is 26.2 Å². The monoisotopic (exact) mass is 262 g/mol. The summed E-state index contributed by atoms with van der Waals surface area (Å²) >= 11 is 0. The van der Waals surface area contributed by atoms with Crippen LogP contribution in [0.25, 0.3) is 0 Å². The molecule has 0 spiro atoms. The van der Waals surface area contributed by atoms with Crippen molar-refractivity contribution in [1.29, 1.82) is 0 Å². The number of nitrogens with zero attached hydrogens (tertiary/aromatic N) is 2. The lowest BCUT2D eigenvalue weighted by Gasteiger charge is -2.24. The van der Waals surface area contributed by atoms with Crippen LogP contribution in [0.15, 0.2) is 22.8 Å². The molecule has 2 fully saturated rings. The number of hydrogen-bond acceptors (Lipinski definition) is 4. The highest BCUT2D eigenvalue weighted by molar-refractivity contribution is 6.41. The molecular weight excluding hydrogens is 244 g/mol. The van der Waals surface area contributed by atoms with E-state index in [0.717, 1.165) is 25.9 Å². The number of Topliss-reactive ketones (excluding diaryl/α,β-unsaturated/α-hetero) is 1. The molecule has 0 unspecified atom stereocenters. The highest BCUT2D eigenvalue weighted by Crippen LogP contribution is 2.21. The van der Waals surface area contributed by atoms with Gasteiger partial charge >= 0.3 is 0 Å². The SMILES string of the molecule is O=C(C(=O)N1CCCN2CCC[C@@H]2C1)c1ccco1. The van der Waals surface area contributed by atoms with Gasteiger partial charge in [-0.25, -0.2) is 0 Å². The van der Waals surface area contributed by atoms with Gasteiger partial charge in [0.05, 0.1) is 6.26 Å². The van der Waals surface area contributed by atoms with Crippen LogP contribution in [-0.4, -0.2) is 53.7 Å². The summed E-state index contributed by atoms with van der Waals surface area (Å²) in [5.74, 6) is -0.822. The standard InChI is InChI=1S/C14H18N2O3/c17-13(12-5-2-9-19-12)14(18)16-8-3-7-15-6-1-4-11(15)10-16/h2,5,9,11H,1,3-4,6-8,10H2/t11-/m1/s1. The summed E-state index contributed by atoms with van der Waals surface area (Å²) in [6, 6.07) is 3.59. The van der Waals surface area contributed by atoms with E-state index >= 15 is 0 Å². The van der Waals surface area contributed by atoms with Gasteiger partial charge in [0.25, 0.3) is 11.7 Å². The van der Waals surface area contributed by atoms with Crippen LogP contribution in [0.5, 0.6) is 0 Å². The molecule has 2 aliphatic rings. The van der Waals surface area contributed by atoms with E-state index in [2.05, 4.69) is 4.90 Å². The Balaban J connectivity index is 1.70. The second kappa shape index (κ2) is 5.17. The molecule has 0 bridgehead atoms. The molecule has 0 radical (unpaired) electrons. The Morgan fingerprint density at radius 3 is 2.84 bits per heavy atom. The Bertz CT molecular complexity index is 469. The smallest absolute Gasteiger partial charge is 0.298 e. The molecule has 1 aromatic rings. The van der Waals surface area contributed by atoms with E-state index in [-0.39, 0.29) is 5.76 Å². The Morgan fingerprint density at radius 1 is 1.21 bits per heavy atom. The molecule has 1 amide bonds. The van der Waals surface area contributed by atoms with Crippen molar-refractivity contribution in [3.05, 3.63) is 24.2 Å². The molecule has 3 heterocycles. The fourth-order valence-corrected chi connectivity index (χ4v) is 3.05. The van der Waals surface area contributed by atoms with Gasteiger partial charge in [0.15, 0.2) is 5.76 Å². The van der Waals surface area contributed by atoms with Crippen molar-refractivity contribution in [3.8, 4) is 0 Å². The van der Waals surface area contributed by atoms with Crippen LogP contribution in [0.4, 0.5) is 0 Å². The zero-order valence-corrected chi connectivity index (χ0v) is 10.9. The topological polar surface area (TPSA) is 53.8 Å². The van der Waals surface area contributed by atoms with Gasteiger partial charge in [-0.2, -0.15) is 0 Å². The van der Waals surface area contributed by atoms with E-state index in [1.807, 2.05) is 0 Å². The highest BCUT2D eigenvalue weighted by Gasteiger charge is 2.33. The molecule has 19 heavy (non-hydrogen) atoms. The lowest BCUT2D eigenvalue weighted by molar-refractivity contribution is -0.126. The van der Waals surface area contributed by atoms with Gasteiger partial charge in [0.1, 0.15) is 0 Å². The quantitative estimate of drug-likeness (QED) is 0.593. The molecule has 0 N–H and O–H groups in total. The van der Waals surface area contributed by atoms with Gasteiger partial charge in [0.2, 0.25) is 0 Å². The maximum Gasteiger partial charge on any atom is 0.298 e. The van der Waals surface area contributed by atoms with E-state index in [4.69, 9.17) is 4.42 Å². The first-order valence-corrected chi connectivity index (χ1v) is 6.87. The molecule has 3 rings (SSSR count). The van der Waals surface area contributed by atoms with Gasteiger partial charge in [0, 0.05) is 25.7 Å². The Morgan fingerprint density at radius 2 is 2.05 bits per heavy atom. The maximum absolute atomic E-state index is 12.2. The number of rotatable bonds is 2. The summed E-state index contributed by atoms with van der Waals surface area (Å²) in [6.07, 6.45) is 4.67. The molecule has 0 saturated carbocycles. The number of fused-ring (bicyclic) bond motifs is 1. The minimum atomic E-state index is -0.531. The van der Waals surface area contributed by atoms with Crippen molar-refractivity contribution in [3.63, 3.8) is 0 Å². The highest BCUT2D eigenvalue weighted by atomic mass is 16.3. The van der Waals surface area contributed by atoms with Gasteiger partial charge in [-0.15, -0.1) is 0 Å². The first-order valence-electron chi connectivity index (χ1n) is 6.87. The molecule has 1 atom stereocenters. The van der Waals surface area contributed by atoms with Crippen molar-refractivity contribution in [2.45, 2.75) is 25.3 Å². The molecule has 2 saturated heterocycles. The van der Waals surface area contributed by atoms with Gasteiger partial charge < -0.3 is 9.32 Å². The lowest BCUT2D eigenvalue weighted by Crippen LogP contribution is -2.42. The normalized spacial score (nSPS) is 24.0. The predicted octanol–water partition coefficient (Wildman–Crippen LogP) is 1.16. The van der Waals surface area contributed by atoms with Crippen LogP contribution in [0, 0.1) is 0 Å². The van der Waals surface area contributed by atoms with Crippen LogP contribution in [-0.2, 0) is 4.79 Å². The first-order chi connectivity index (χ1) is 9.25. The summed E-state index contributed by atoms with van der Waals surface area (Å²) in [5, 5.41) is 0. The molecule has 2 aliphatic heterocycles. The summed E-state index contributed by atoms with van der Waals surface area (Å²) in [5.41, 5.74) is 0. The number of amides is 1. The molecule has 5 heteroatoms. The predicted molar refractivity (Wildman–Crippen MR) is 68.8 cm³/mol. The van der Waals surface area contributed by atoms with Gasteiger partial charge in [-0.05, 0) is 37.9 Å². The number of hydrogen-bond donors (Lipinski definition) is 0. The van der Waals surface area contributed by atoms with Gasteiger partial charge in [-0.1, -0.05) is 0 Å². The van der Waals surface area contributed by atoms with E-state index in [1.165, 1.54) is 12.7 Å². The molecular formula is C14H18N2O3. The summed E-state index contributed by atoms with van der Waals surface area (Å²) < 4.78 is 5.02. The maximum atomic E-state index is 12.2. The Kier molecular flexibility index (Phi) is 3.38. The third-order valence-corrected chi connectivity index (χ3v) is 4.03. The molecule has 0 aromatic carbocycles. The number of ketones is 1. The lowest BCUT2D eigenvalue weighted by atomic mass is 10.2. The fraction of sp³-hybridized carbons (Fsp3) is 0.571. The first kappa shape index (κ1) is 12.4. The van der Waals surface area contributed by atoms with E-state index in [1.54, 1.807) is 17.0 Å². The molecule has 0 aliphatic carbocycles. The molecule has 5 nitrogen and oxygen atoms in total. The third-order valence-electron chi connectivity index (χ3n) is 4.03. The van der Waals surface area contributed by atoms with Crippen LogP contribution >= 0.6 is 0 Å². The van der Waals surface area contributed by atoms with Gasteiger partial charge in [-0.3, -0.25) is 14.5 Å². The second-order valence-electron chi connectivity index (χ2n) is 5.24. The van der Waals surface area contributed by atoms with Crippen LogP contribution in [0.3, 0.4) is 0 Å². The van der Waals surface area contributed by atoms with Crippen molar-refractivity contribution in [1.82, 2.24) is 9.80 Å². The minimum Gasteiger partial charge on any atom is -0.461 e. The summed E-state index contributed by atoms with van der Waals surface area (Å²) in [7, 11) is 0. The van der Waals surface area contributed by atoms with Crippen molar-refractivity contribution >= 4 is 11.7 Å². The van der Waals surface area contributed by atoms with Crippen LogP contribution < -0.4 is 0 Å². The fourth-order valence-electron chi connectivity index (χ4n) is 3.05. The largest absolute Gasteiger partial charge is 0.461 e. The minimum absolute atomic E-state index is 0.137. The summed E-state index contributed by atoms with van der Waals surface area (Å²) in [6.45, 7) is 3.49. The molecule has 102 valence electrons. The zero-order chi connectivity index (χ0) is 13.2. The van der Waals surface area contributed by atoms with E-state index in [9.17, 15) is 9.59 Å². The number of carbonyl (C=O) groups excluding carboxylic acids is 2.